The van der Waals surface area contributed by atoms with Crippen LogP contribution in [0.2, 0.25) is 0 Å². The first-order valence-corrected chi connectivity index (χ1v) is 12.2. The second-order valence-electron chi connectivity index (χ2n) is 9.36. The van der Waals surface area contributed by atoms with Crippen LogP contribution in [0.5, 0.6) is 0 Å². The highest BCUT2D eigenvalue weighted by Gasteiger charge is 2.50. The second kappa shape index (κ2) is 11.7. The standard InChI is InChI=1S/C21H44NO5P/c1-11-14-15-25-18(23)17(4)16-22(21(8,9)10)19(20(5,6)7)28(24,26-12-2)27-13-3/h17,19H,11-16H2,1-10H3. The average molecular weight is 422 g/mol. The van der Waals surface area contributed by atoms with E-state index in [1.54, 1.807) is 0 Å². The lowest BCUT2D eigenvalue weighted by atomic mass is 9.91. The van der Waals surface area contributed by atoms with Gasteiger partial charge in [-0.1, -0.05) is 41.0 Å². The van der Waals surface area contributed by atoms with Gasteiger partial charge in [0.15, 0.2) is 0 Å². The number of esters is 1. The van der Waals surface area contributed by atoms with Crippen molar-refractivity contribution in [2.24, 2.45) is 11.3 Å². The number of carbonyl (C=O) groups is 1. The van der Waals surface area contributed by atoms with Gasteiger partial charge in [-0.15, -0.1) is 0 Å². The molecule has 7 heteroatoms. The maximum Gasteiger partial charge on any atom is 0.348 e. The molecule has 0 spiro atoms. The van der Waals surface area contributed by atoms with Gasteiger partial charge in [0, 0.05) is 12.1 Å². The molecule has 168 valence electrons. The Balaban J connectivity index is 5.89. The molecular formula is C21H44NO5P. The first kappa shape index (κ1) is 27.6. The van der Waals surface area contributed by atoms with Gasteiger partial charge in [0.1, 0.15) is 5.78 Å². The number of carbonyl (C=O) groups excluding carboxylic acids is 1. The smallest absolute Gasteiger partial charge is 0.348 e. The van der Waals surface area contributed by atoms with Crippen molar-refractivity contribution in [3.8, 4) is 0 Å². The highest BCUT2D eigenvalue weighted by Crippen LogP contribution is 2.60. The Labute approximate surface area is 173 Å². The third-order valence-corrected chi connectivity index (χ3v) is 7.35. The van der Waals surface area contributed by atoms with E-state index in [9.17, 15) is 9.36 Å². The van der Waals surface area contributed by atoms with E-state index in [1.807, 2.05) is 41.5 Å². The Kier molecular flexibility index (Phi) is 11.5. The van der Waals surface area contributed by atoms with E-state index in [2.05, 4.69) is 32.6 Å². The van der Waals surface area contributed by atoms with E-state index in [4.69, 9.17) is 13.8 Å². The molecule has 6 nitrogen and oxygen atoms in total. The molecule has 0 fully saturated rings. The quantitative estimate of drug-likeness (QED) is 0.229. The van der Waals surface area contributed by atoms with Gasteiger partial charge in [0.2, 0.25) is 0 Å². The topological polar surface area (TPSA) is 65.1 Å². The lowest BCUT2D eigenvalue weighted by Crippen LogP contribution is -2.55. The van der Waals surface area contributed by atoms with E-state index in [1.165, 1.54) is 0 Å². The van der Waals surface area contributed by atoms with E-state index in [0.717, 1.165) is 12.8 Å². The third-order valence-electron chi connectivity index (χ3n) is 4.46. The highest BCUT2D eigenvalue weighted by atomic mass is 31.2. The molecule has 0 amide bonds. The Morgan fingerprint density at radius 2 is 1.50 bits per heavy atom. The van der Waals surface area contributed by atoms with Crippen molar-refractivity contribution < 1.29 is 23.1 Å². The summed E-state index contributed by atoms with van der Waals surface area (Å²) in [6.45, 7) is 21.3. The SMILES string of the molecule is CCCCOC(=O)C(C)CN(C(C(C)(C)C)P(=O)(OCC)OCC)C(C)(C)C. The van der Waals surface area contributed by atoms with Crippen LogP contribution in [0.1, 0.15) is 82.1 Å². The molecule has 0 aliphatic carbocycles. The molecule has 0 heterocycles. The van der Waals surface area contributed by atoms with Gasteiger partial charge in [-0.05, 0) is 46.5 Å². The van der Waals surface area contributed by atoms with Crippen LogP contribution in [-0.4, -0.2) is 48.6 Å². The first-order chi connectivity index (χ1) is 12.7. The maximum atomic E-state index is 13.8. The number of nitrogens with zero attached hydrogens (tertiary/aromatic N) is 1. The van der Waals surface area contributed by atoms with Crippen LogP contribution < -0.4 is 0 Å². The molecule has 0 aromatic rings. The zero-order valence-electron chi connectivity index (χ0n) is 19.8. The summed E-state index contributed by atoms with van der Waals surface area (Å²) in [7, 11) is -3.44. The molecule has 0 saturated heterocycles. The Bertz CT molecular complexity index is 500. The summed E-state index contributed by atoms with van der Waals surface area (Å²) in [5.74, 6) is -1.07. The van der Waals surface area contributed by atoms with Crippen molar-refractivity contribution in [3.05, 3.63) is 0 Å². The van der Waals surface area contributed by atoms with Crippen LogP contribution in [0.25, 0.3) is 0 Å². The van der Waals surface area contributed by atoms with Crippen molar-refractivity contribution >= 4 is 13.6 Å². The van der Waals surface area contributed by atoms with Gasteiger partial charge in [0.05, 0.1) is 25.7 Å². The highest BCUT2D eigenvalue weighted by molar-refractivity contribution is 7.54. The van der Waals surface area contributed by atoms with Gasteiger partial charge >= 0.3 is 13.6 Å². The monoisotopic (exact) mass is 421 g/mol. The van der Waals surface area contributed by atoms with E-state index in [0.29, 0.717) is 26.4 Å². The van der Waals surface area contributed by atoms with Crippen molar-refractivity contribution in [2.45, 2.75) is 93.4 Å². The molecule has 28 heavy (non-hydrogen) atoms. The molecule has 0 radical (unpaired) electrons. The molecule has 0 aromatic carbocycles. The summed E-state index contributed by atoms with van der Waals surface area (Å²) in [6, 6.07) is 0. The van der Waals surface area contributed by atoms with Gasteiger partial charge < -0.3 is 13.8 Å². The lowest BCUT2D eigenvalue weighted by Gasteiger charge is -2.49. The minimum Gasteiger partial charge on any atom is -0.465 e. The van der Waals surface area contributed by atoms with Crippen LogP contribution in [0.4, 0.5) is 0 Å². The minimum absolute atomic E-state index is 0.224. The number of hydrogen-bond donors (Lipinski definition) is 0. The number of unbranched alkanes of at least 4 members (excludes halogenated alkanes) is 1. The van der Waals surface area contributed by atoms with Gasteiger partial charge in [-0.2, -0.15) is 0 Å². The summed E-state index contributed by atoms with van der Waals surface area (Å²) < 4.78 is 30.7. The van der Waals surface area contributed by atoms with Crippen molar-refractivity contribution in [1.29, 1.82) is 0 Å². The van der Waals surface area contributed by atoms with Crippen LogP contribution >= 0.6 is 7.60 Å². The summed E-state index contributed by atoms with van der Waals surface area (Å²) >= 11 is 0. The zero-order chi connectivity index (χ0) is 22.2. The molecule has 0 aliphatic heterocycles. The largest absolute Gasteiger partial charge is 0.465 e. The van der Waals surface area contributed by atoms with Gasteiger partial charge in [-0.3, -0.25) is 14.3 Å². The predicted molar refractivity (Wildman–Crippen MR) is 116 cm³/mol. The zero-order valence-corrected chi connectivity index (χ0v) is 20.7. The fourth-order valence-electron chi connectivity index (χ4n) is 3.22. The first-order valence-electron chi connectivity index (χ1n) is 10.6. The van der Waals surface area contributed by atoms with E-state index < -0.39 is 13.4 Å². The molecule has 0 saturated carbocycles. The summed E-state index contributed by atoms with van der Waals surface area (Å²) in [4.78, 5) is 14.6. The van der Waals surface area contributed by atoms with Crippen LogP contribution in [0.15, 0.2) is 0 Å². The second-order valence-corrected chi connectivity index (χ2v) is 11.4. The van der Waals surface area contributed by atoms with Crippen molar-refractivity contribution in [1.82, 2.24) is 4.90 Å². The maximum absolute atomic E-state index is 13.8. The van der Waals surface area contributed by atoms with Gasteiger partial charge in [-0.25, -0.2) is 0 Å². The summed E-state index contributed by atoms with van der Waals surface area (Å²) in [5, 5.41) is 0. The van der Waals surface area contributed by atoms with Gasteiger partial charge in [0.25, 0.3) is 0 Å². The third kappa shape index (κ3) is 8.52. The number of ether oxygens (including phenoxy) is 1. The molecule has 0 N–H and O–H groups in total. The van der Waals surface area contributed by atoms with Crippen LogP contribution in [0, 0.1) is 11.3 Å². The molecule has 2 unspecified atom stereocenters. The normalized spacial score (nSPS) is 15.5. The fourth-order valence-corrected chi connectivity index (χ4v) is 6.03. The summed E-state index contributed by atoms with van der Waals surface area (Å²) in [5.41, 5.74) is -0.737. The van der Waals surface area contributed by atoms with Crippen molar-refractivity contribution in [3.63, 3.8) is 0 Å². The molecular weight excluding hydrogens is 377 g/mol. The fraction of sp³-hybridized carbons (Fsp3) is 0.952. The average Bonchev–Trinajstić information content (AvgIpc) is 2.52. The number of hydrogen-bond acceptors (Lipinski definition) is 6. The Morgan fingerprint density at radius 1 is 1.00 bits per heavy atom. The summed E-state index contributed by atoms with van der Waals surface area (Å²) in [6.07, 6.45) is 1.84. The van der Waals surface area contributed by atoms with Crippen LogP contribution in [0.3, 0.4) is 0 Å². The Morgan fingerprint density at radius 3 is 1.86 bits per heavy atom. The molecule has 0 aliphatic rings. The predicted octanol–water partition coefficient (Wildman–Crippen LogP) is 5.70. The van der Waals surface area contributed by atoms with E-state index in [-0.39, 0.29) is 22.8 Å². The molecule has 0 aromatic heterocycles. The number of rotatable bonds is 12. The van der Waals surface area contributed by atoms with E-state index >= 15 is 0 Å². The minimum atomic E-state index is -3.44. The molecule has 2 atom stereocenters. The molecule has 0 bridgehead atoms. The Hall–Kier alpha value is -0.420. The van der Waals surface area contributed by atoms with Crippen molar-refractivity contribution in [2.75, 3.05) is 26.4 Å². The lowest BCUT2D eigenvalue weighted by molar-refractivity contribution is -0.149. The van der Waals surface area contributed by atoms with Crippen LogP contribution in [-0.2, 0) is 23.1 Å². The molecule has 0 rings (SSSR count).